The zero-order chi connectivity index (χ0) is 10.8. The van der Waals surface area contributed by atoms with Crippen molar-refractivity contribution in [1.82, 2.24) is 5.32 Å². The van der Waals surface area contributed by atoms with Crippen molar-refractivity contribution in [3.8, 4) is 0 Å². The van der Waals surface area contributed by atoms with Gasteiger partial charge in [0.1, 0.15) is 5.60 Å². The van der Waals surface area contributed by atoms with Gasteiger partial charge in [-0.05, 0) is 39.5 Å². The number of halogens is 1. The van der Waals surface area contributed by atoms with Crippen LogP contribution in [0.15, 0.2) is 0 Å². The van der Waals surface area contributed by atoms with Crippen molar-refractivity contribution in [2.45, 2.75) is 45.3 Å². The molecule has 0 aromatic heterocycles. The van der Waals surface area contributed by atoms with Crippen molar-refractivity contribution >= 4 is 17.7 Å². The first-order valence-corrected chi connectivity index (χ1v) is 5.49. The van der Waals surface area contributed by atoms with Crippen LogP contribution >= 0.6 is 11.6 Å². The fourth-order valence-corrected chi connectivity index (χ4v) is 1.71. The number of alkyl halides is 1. The second-order valence-corrected chi connectivity index (χ2v) is 5.14. The molecule has 0 atom stereocenters. The van der Waals surface area contributed by atoms with Gasteiger partial charge in [0.05, 0.1) is 0 Å². The molecule has 1 aliphatic rings. The van der Waals surface area contributed by atoms with E-state index in [1.54, 1.807) is 0 Å². The van der Waals surface area contributed by atoms with Gasteiger partial charge >= 0.3 is 6.09 Å². The molecule has 0 aromatic rings. The van der Waals surface area contributed by atoms with Crippen LogP contribution in [-0.4, -0.2) is 23.6 Å². The van der Waals surface area contributed by atoms with E-state index < -0.39 is 5.60 Å². The van der Waals surface area contributed by atoms with Crippen LogP contribution < -0.4 is 5.32 Å². The topological polar surface area (TPSA) is 38.3 Å². The molecule has 0 radical (unpaired) electrons. The van der Waals surface area contributed by atoms with Crippen molar-refractivity contribution in [2.24, 2.45) is 5.92 Å². The van der Waals surface area contributed by atoms with E-state index >= 15 is 0 Å². The second kappa shape index (κ2) is 4.39. The number of amides is 1. The first-order valence-electron chi connectivity index (χ1n) is 4.96. The molecule has 82 valence electrons. The molecular weight excluding hydrogens is 202 g/mol. The van der Waals surface area contributed by atoms with Crippen LogP contribution in [-0.2, 0) is 4.74 Å². The van der Waals surface area contributed by atoms with Crippen LogP contribution in [0.4, 0.5) is 4.79 Å². The standard InChI is InChI=1S/C10H18ClNO2/c1-10(2,3)14-9(13)12-8-4-7(5-8)6-11/h7-8H,4-6H2,1-3H3,(H,12,13). The van der Waals surface area contributed by atoms with E-state index in [1.807, 2.05) is 20.8 Å². The Labute approximate surface area is 90.1 Å². The van der Waals surface area contributed by atoms with Crippen LogP contribution in [0.1, 0.15) is 33.6 Å². The summed E-state index contributed by atoms with van der Waals surface area (Å²) < 4.78 is 5.13. The largest absolute Gasteiger partial charge is 0.444 e. The maximum Gasteiger partial charge on any atom is 0.407 e. The van der Waals surface area contributed by atoms with Gasteiger partial charge in [0.15, 0.2) is 0 Å². The van der Waals surface area contributed by atoms with Crippen molar-refractivity contribution in [3.05, 3.63) is 0 Å². The highest BCUT2D eigenvalue weighted by atomic mass is 35.5. The van der Waals surface area contributed by atoms with E-state index in [9.17, 15) is 4.79 Å². The molecule has 3 nitrogen and oxygen atoms in total. The lowest BCUT2D eigenvalue weighted by molar-refractivity contribution is 0.0459. The van der Waals surface area contributed by atoms with E-state index in [1.165, 1.54) is 0 Å². The fraction of sp³-hybridized carbons (Fsp3) is 0.900. The predicted octanol–water partition coefficient (Wildman–Crippen LogP) is 2.53. The molecule has 0 aliphatic heterocycles. The monoisotopic (exact) mass is 219 g/mol. The smallest absolute Gasteiger partial charge is 0.407 e. The molecule has 1 N–H and O–H groups in total. The minimum Gasteiger partial charge on any atom is -0.444 e. The fourth-order valence-electron chi connectivity index (χ4n) is 1.45. The summed E-state index contributed by atoms with van der Waals surface area (Å²) in [5, 5.41) is 2.82. The first kappa shape index (κ1) is 11.6. The molecule has 1 aliphatic carbocycles. The summed E-state index contributed by atoms with van der Waals surface area (Å²) >= 11 is 5.67. The molecule has 0 unspecified atom stereocenters. The summed E-state index contributed by atoms with van der Waals surface area (Å²) in [5.74, 6) is 1.25. The van der Waals surface area contributed by atoms with Crippen molar-refractivity contribution in [2.75, 3.05) is 5.88 Å². The van der Waals surface area contributed by atoms with Gasteiger partial charge in [-0.2, -0.15) is 0 Å². The number of rotatable bonds is 2. The van der Waals surface area contributed by atoms with Gasteiger partial charge in [-0.3, -0.25) is 0 Å². The Bertz CT molecular complexity index is 207. The van der Waals surface area contributed by atoms with Crippen molar-refractivity contribution < 1.29 is 9.53 Å². The maximum absolute atomic E-state index is 11.3. The van der Waals surface area contributed by atoms with Crippen LogP contribution in [0, 0.1) is 5.92 Å². The zero-order valence-corrected chi connectivity index (χ0v) is 9.73. The van der Waals surface area contributed by atoms with Gasteiger partial charge in [-0.25, -0.2) is 4.79 Å². The van der Waals surface area contributed by atoms with Gasteiger partial charge in [-0.1, -0.05) is 0 Å². The molecule has 0 heterocycles. The van der Waals surface area contributed by atoms with Crippen molar-refractivity contribution in [1.29, 1.82) is 0 Å². The molecule has 1 rings (SSSR count). The number of carbonyl (C=O) groups excluding carboxylic acids is 1. The maximum atomic E-state index is 11.3. The summed E-state index contributed by atoms with van der Waals surface area (Å²) in [4.78, 5) is 11.3. The Kier molecular flexibility index (Phi) is 3.65. The van der Waals surface area contributed by atoms with Crippen LogP contribution in [0.5, 0.6) is 0 Å². The summed E-state index contributed by atoms with van der Waals surface area (Å²) in [6, 6.07) is 0.258. The van der Waals surface area contributed by atoms with E-state index in [0.717, 1.165) is 12.8 Å². The number of ether oxygens (including phenoxy) is 1. The molecule has 14 heavy (non-hydrogen) atoms. The highest BCUT2D eigenvalue weighted by molar-refractivity contribution is 6.18. The van der Waals surface area contributed by atoms with Gasteiger partial charge in [0.2, 0.25) is 0 Å². The minimum absolute atomic E-state index is 0.258. The molecule has 1 amide bonds. The number of hydrogen-bond donors (Lipinski definition) is 1. The summed E-state index contributed by atoms with van der Waals surface area (Å²) in [6.45, 7) is 5.57. The minimum atomic E-state index is -0.417. The molecule has 0 spiro atoms. The van der Waals surface area contributed by atoms with E-state index in [4.69, 9.17) is 16.3 Å². The molecule has 4 heteroatoms. The van der Waals surface area contributed by atoms with Gasteiger partial charge in [0, 0.05) is 11.9 Å². The molecule has 1 saturated carbocycles. The number of alkyl carbamates (subject to hydrolysis) is 1. The Balaban J connectivity index is 2.17. The quantitative estimate of drug-likeness (QED) is 0.725. The third kappa shape index (κ3) is 3.74. The van der Waals surface area contributed by atoms with Gasteiger partial charge in [0.25, 0.3) is 0 Å². The zero-order valence-electron chi connectivity index (χ0n) is 8.97. The van der Waals surface area contributed by atoms with E-state index in [-0.39, 0.29) is 12.1 Å². The van der Waals surface area contributed by atoms with Crippen molar-refractivity contribution in [3.63, 3.8) is 0 Å². The molecule has 1 fully saturated rings. The normalized spacial score (nSPS) is 26.6. The Morgan fingerprint density at radius 2 is 2.07 bits per heavy atom. The van der Waals surface area contributed by atoms with Crippen LogP contribution in [0.3, 0.4) is 0 Å². The Morgan fingerprint density at radius 3 is 2.50 bits per heavy atom. The average Bonchev–Trinajstić information content (AvgIpc) is 1.91. The number of carbonyl (C=O) groups is 1. The van der Waals surface area contributed by atoms with Crippen LogP contribution in [0.25, 0.3) is 0 Å². The van der Waals surface area contributed by atoms with Gasteiger partial charge < -0.3 is 10.1 Å². The molecule has 0 bridgehead atoms. The summed E-state index contributed by atoms with van der Waals surface area (Å²) in [7, 11) is 0. The number of nitrogens with one attached hydrogen (secondary N) is 1. The SMILES string of the molecule is CC(C)(C)OC(=O)NC1CC(CCl)C1. The molecule has 0 saturated heterocycles. The lowest BCUT2D eigenvalue weighted by atomic mass is 9.82. The molecular formula is C10H18ClNO2. The third-order valence-electron chi connectivity index (χ3n) is 2.17. The summed E-state index contributed by atoms with van der Waals surface area (Å²) in [5.41, 5.74) is -0.417. The van der Waals surface area contributed by atoms with Crippen LogP contribution in [0.2, 0.25) is 0 Å². The second-order valence-electron chi connectivity index (χ2n) is 4.83. The van der Waals surface area contributed by atoms with E-state index in [2.05, 4.69) is 5.32 Å². The van der Waals surface area contributed by atoms with Gasteiger partial charge in [-0.15, -0.1) is 11.6 Å². The Morgan fingerprint density at radius 1 is 1.50 bits per heavy atom. The third-order valence-corrected chi connectivity index (χ3v) is 2.61. The average molecular weight is 220 g/mol. The highest BCUT2D eigenvalue weighted by Gasteiger charge is 2.30. The Hall–Kier alpha value is -0.440. The predicted molar refractivity (Wildman–Crippen MR) is 56.6 cm³/mol. The lowest BCUT2D eigenvalue weighted by Crippen LogP contribution is -2.46. The summed E-state index contributed by atoms with van der Waals surface area (Å²) in [6.07, 6.45) is 1.63. The highest BCUT2D eigenvalue weighted by Crippen LogP contribution is 2.28. The first-order chi connectivity index (χ1) is 6.40. The lowest BCUT2D eigenvalue weighted by Gasteiger charge is -2.34. The molecule has 0 aromatic carbocycles. The number of hydrogen-bond acceptors (Lipinski definition) is 2. The van der Waals surface area contributed by atoms with E-state index in [0.29, 0.717) is 11.8 Å².